The lowest BCUT2D eigenvalue weighted by Crippen LogP contribution is -2.14. The molecule has 0 atom stereocenters. The first-order valence-electron chi connectivity index (χ1n) is 5.33. The van der Waals surface area contributed by atoms with E-state index in [4.69, 9.17) is 5.73 Å². The monoisotopic (exact) mass is 422 g/mol. The van der Waals surface area contributed by atoms with Crippen molar-refractivity contribution < 1.29 is 12.8 Å². The second-order valence-corrected chi connectivity index (χ2v) is 7.28. The van der Waals surface area contributed by atoms with Crippen LogP contribution in [0.25, 0.3) is 0 Å². The van der Waals surface area contributed by atoms with Crippen LogP contribution in [0.3, 0.4) is 0 Å². The van der Waals surface area contributed by atoms with Gasteiger partial charge in [-0.2, -0.15) is 0 Å². The summed E-state index contributed by atoms with van der Waals surface area (Å²) in [7, 11) is -3.90. The summed E-state index contributed by atoms with van der Waals surface area (Å²) < 4.78 is 41.0. The van der Waals surface area contributed by atoms with Gasteiger partial charge in [-0.1, -0.05) is 6.07 Å². The number of nitrogen functional groups attached to an aromatic ring is 1. The number of anilines is 2. The van der Waals surface area contributed by atoms with Crippen molar-refractivity contribution in [3.63, 3.8) is 0 Å². The van der Waals surface area contributed by atoms with Gasteiger partial charge in [-0.25, -0.2) is 12.8 Å². The van der Waals surface area contributed by atoms with Gasteiger partial charge in [0.15, 0.2) is 0 Å². The first kappa shape index (κ1) is 15.3. The Labute approximate surface area is 132 Å². The normalized spacial score (nSPS) is 11.3. The van der Waals surface area contributed by atoms with Crippen LogP contribution in [0.1, 0.15) is 0 Å². The minimum atomic E-state index is -3.90. The number of benzene rings is 2. The van der Waals surface area contributed by atoms with E-state index in [9.17, 15) is 12.8 Å². The summed E-state index contributed by atoms with van der Waals surface area (Å²) in [6, 6.07) is 8.33. The molecule has 0 aliphatic rings. The van der Waals surface area contributed by atoms with E-state index in [2.05, 4.69) is 36.6 Å². The maximum absolute atomic E-state index is 13.7. The molecule has 8 heteroatoms. The first-order chi connectivity index (χ1) is 9.31. The van der Waals surface area contributed by atoms with Crippen molar-refractivity contribution in [3.05, 3.63) is 51.2 Å². The van der Waals surface area contributed by atoms with Gasteiger partial charge in [0, 0.05) is 14.6 Å². The molecule has 0 bridgehead atoms. The third kappa shape index (κ3) is 3.13. The highest BCUT2D eigenvalue weighted by Gasteiger charge is 2.18. The molecule has 0 saturated carbocycles. The van der Waals surface area contributed by atoms with Crippen LogP contribution in [-0.2, 0) is 10.0 Å². The highest BCUT2D eigenvalue weighted by molar-refractivity contribution is 9.11. The minimum absolute atomic E-state index is 0.0197. The van der Waals surface area contributed by atoms with Crippen LogP contribution in [0.5, 0.6) is 0 Å². The van der Waals surface area contributed by atoms with Crippen molar-refractivity contribution >= 4 is 53.3 Å². The first-order valence-corrected chi connectivity index (χ1v) is 8.40. The zero-order valence-electron chi connectivity index (χ0n) is 9.90. The molecule has 0 amide bonds. The summed E-state index contributed by atoms with van der Waals surface area (Å²) in [5.74, 6) is -0.669. The van der Waals surface area contributed by atoms with Gasteiger partial charge < -0.3 is 5.73 Å². The molecule has 2 rings (SSSR count). The fraction of sp³-hybridized carbons (Fsp3) is 0. The smallest absolute Gasteiger partial charge is 0.262 e. The van der Waals surface area contributed by atoms with Gasteiger partial charge in [-0.05, 0) is 62.2 Å². The number of rotatable bonds is 3. The molecule has 3 N–H and O–H groups in total. The Bertz CT molecular complexity index is 746. The molecule has 0 saturated heterocycles. The molecule has 0 unspecified atom stereocenters. The predicted molar refractivity (Wildman–Crippen MR) is 83.5 cm³/mol. The summed E-state index contributed by atoms with van der Waals surface area (Å²) in [4.78, 5) is -0.0197. The van der Waals surface area contributed by atoms with Crippen LogP contribution in [0, 0.1) is 5.82 Å². The largest absolute Gasteiger partial charge is 0.398 e. The summed E-state index contributed by atoms with van der Waals surface area (Å²) in [5, 5.41) is 0. The average Bonchev–Trinajstić information content (AvgIpc) is 2.37. The average molecular weight is 424 g/mol. The van der Waals surface area contributed by atoms with Crippen LogP contribution < -0.4 is 10.5 Å². The molecular weight excluding hydrogens is 415 g/mol. The van der Waals surface area contributed by atoms with Crippen molar-refractivity contribution in [3.8, 4) is 0 Å². The summed E-state index contributed by atoms with van der Waals surface area (Å²) in [5.41, 5.74) is 5.88. The number of nitrogens with two attached hydrogens (primary N) is 1. The second kappa shape index (κ2) is 5.71. The van der Waals surface area contributed by atoms with Gasteiger partial charge >= 0.3 is 0 Å². The molecule has 0 aliphatic carbocycles. The topological polar surface area (TPSA) is 72.2 Å². The summed E-state index contributed by atoms with van der Waals surface area (Å²) >= 11 is 6.25. The molecule has 2 aromatic rings. The highest BCUT2D eigenvalue weighted by Crippen LogP contribution is 2.29. The van der Waals surface area contributed by atoms with Crippen LogP contribution in [0.4, 0.5) is 15.8 Å². The quantitative estimate of drug-likeness (QED) is 0.738. The van der Waals surface area contributed by atoms with E-state index < -0.39 is 15.8 Å². The Kier molecular flexibility index (Phi) is 4.36. The molecule has 106 valence electrons. The standard InChI is InChI=1S/C12H9Br2FN2O2S/c13-8-2-1-3-10(15)12(8)17-20(18,19)7-4-5-11(16)9(14)6-7/h1-6,17H,16H2. The predicted octanol–water partition coefficient (Wildman–Crippen LogP) is 3.73. The summed E-state index contributed by atoms with van der Waals surface area (Å²) in [6.07, 6.45) is 0. The van der Waals surface area contributed by atoms with E-state index in [-0.39, 0.29) is 10.6 Å². The van der Waals surface area contributed by atoms with E-state index in [1.807, 2.05) is 0 Å². The Morgan fingerprint density at radius 3 is 2.40 bits per heavy atom. The Morgan fingerprint density at radius 1 is 1.10 bits per heavy atom. The lowest BCUT2D eigenvalue weighted by molar-refractivity contribution is 0.598. The molecule has 0 spiro atoms. The number of hydrogen-bond acceptors (Lipinski definition) is 3. The Morgan fingerprint density at radius 2 is 1.80 bits per heavy atom. The van der Waals surface area contributed by atoms with Crippen LogP contribution in [-0.4, -0.2) is 8.42 Å². The van der Waals surface area contributed by atoms with Crippen LogP contribution >= 0.6 is 31.9 Å². The van der Waals surface area contributed by atoms with Crippen molar-refractivity contribution in [2.45, 2.75) is 4.90 Å². The Balaban J connectivity index is 2.43. The number of hydrogen-bond donors (Lipinski definition) is 2. The SMILES string of the molecule is Nc1ccc(S(=O)(=O)Nc2c(F)cccc2Br)cc1Br. The van der Waals surface area contributed by atoms with Crippen LogP contribution in [0.15, 0.2) is 50.2 Å². The zero-order valence-corrected chi connectivity index (χ0v) is 13.9. The van der Waals surface area contributed by atoms with Crippen molar-refractivity contribution in [2.24, 2.45) is 0 Å². The van der Waals surface area contributed by atoms with E-state index in [1.165, 1.54) is 30.3 Å². The van der Waals surface area contributed by atoms with Crippen molar-refractivity contribution in [1.29, 1.82) is 0 Å². The van der Waals surface area contributed by atoms with Gasteiger partial charge in [0.1, 0.15) is 5.82 Å². The molecule has 2 aromatic carbocycles. The fourth-order valence-corrected chi connectivity index (χ4v) is 3.68. The van der Waals surface area contributed by atoms with Crippen molar-refractivity contribution in [1.82, 2.24) is 0 Å². The minimum Gasteiger partial charge on any atom is -0.398 e. The van der Waals surface area contributed by atoms with Gasteiger partial charge in [-0.15, -0.1) is 0 Å². The van der Waals surface area contributed by atoms with Crippen molar-refractivity contribution in [2.75, 3.05) is 10.5 Å². The molecule has 0 fully saturated rings. The highest BCUT2D eigenvalue weighted by atomic mass is 79.9. The number of nitrogens with one attached hydrogen (secondary N) is 1. The van der Waals surface area contributed by atoms with Crippen LogP contribution in [0.2, 0.25) is 0 Å². The van der Waals surface area contributed by atoms with Gasteiger partial charge in [-0.3, -0.25) is 4.72 Å². The van der Waals surface area contributed by atoms with E-state index in [1.54, 1.807) is 6.07 Å². The zero-order chi connectivity index (χ0) is 14.9. The second-order valence-electron chi connectivity index (χ2n) is 3.89. The van der Waals surface area contributed by atoms with E-state index in [0.29, 0.717) is 14.6 Å². The molecule has 20 heavy (non-hydrogen) atoms. The Hall–Kier alpha value is -1.12. The third-order valence-corrected chi connectivity index (χ3v) is 5.18. The number of halogens is 3. The lowest BCUT2D eigenvalue weighted by atomic mass is 10.3. The molecule has 0 aromatic heterocycles. The van der Waals surface area contributed by atoms with Gasteiger partial charge in [0.25, 0.3) is 10.0 Å². The number of para-hydroxylation sites is 1. The maximum Gasteiger partial charge on any atom is 0.262 e. The fourth-order valence-electron chi connectivity index (χ4n) is 1.46. The molecule has 0 heterocycles. The summed E-state index contributed by atoms with van der Waals surface area (Å²) in [6.45, 7) is 0. The van der Waals surface area contributed by atoms with E-state index >= 15 is 0 Å². The molecule has 0 aliphatic heterocycles. The maximum atomic E-state index is 13.7. The van der Waals surface area contributed by atoms with Gasteiger partial charge in [0.2, 0.25) is 0 Å². The molecule has 4 nitrogen and oxygen atoms in total. The lowest BCUT2D eigenvalue weighted by Gasteiger charge is -2.11. The molecular formula is C12H9Br2FN2O2S. The third-order valence-electron chi connectivity index (χ3n) is 2.48. The van der Waals surface area contributed by atoms with E-state index in [0.717, 1.165) is 0 Å². The molecule has 0 radical (unpaired) electrons. The van der Waals surface area contributed by atoms with Gasteiger partial charge in [0.05, 0.1) is 10.6 Å². The number of sulfonamides is 1.